The van der Waals surface area contributed by atoms with E-state index in [1.165, 1.54) is 71.8 Å². The molecule has 232 valence electrons. The van der Waals surface area contributed by atoms with E-state index in [0.717, 1.165) is 64.1 Å². The van der Waals surface area contributed by atoms with Crippen molar-refractivity contribution in [1.29, 1.82) is 0 Å². The van der Waals surface area contributed by atoms with E-state index in [2.05, 4.69) is 38.8 Å². The van der Waals surface area contributed by atoms with Gasteiger partial charge in [-0.25, -0.2) is 0 Å². The second-order valence-corrected chi connectivity index (χ2v) is 12.0. The third kappa shape index (κ3) is 17.6. The largest absolute Gasteiger partial charge is 0.469 e. The van der Waals surface area contributed by atoms with Gasteiger partial charge in [-0.2, -0.15) is 0 Å². The highest BCUT2D eigenvalue weighted by Crippen LogP contribution is 2.16. The van der Waals surface area contributed by atoms with E-state index in [1.54, 1.807) is 14.2 Å². The zero-order chi connectivity index (χ0) is 28.9. The lowest BCUT2D eigenvalue weighted by atomic mass is 9.99. The first-order chi connectivity index (χ1) is 18.8. The smallest absolute Gasteiger partial charge is 0.309 e. The average molecular weight is 559 g/mol. The quantitative estimate of drug-likeness (QED) is 0.478. The van der Waals surface area contributed by atoms with Crippen molar-refractivity contribution in [3.8, 4) is 0 Å². The predicted molar refractivity (Wildman–Crippen MR) is 159 cm³/mol. The second-order valence-electron chi connectivity index (χ2n) is 12.0. The van der Waals surface area contributed by atoms with Crippen LogP contribution in [0.15, 0.2) is 0 Å². The summed E-state index contributed by atoms with van der Waals surface area (Å²) < 4.78 is 14.8. The lowest BCUT2D eigenvalue weighted by Gasteiger charge is -2.28. The number of esters is 1. The Balaban J connectivity index is 0.000000261. The van der Waals surface area contributed by atoms with Crippen LogP contribution in [0.1, 0.15) is 51.4 Å². The number of carbonyl (C=O) groups is 1. The maximum Gasteiger partial charge on any atom is 0.309 e. The van der Waals surface area contributed by atoms with Gasteiger partial charge < -0.3 is 39.3 Å². The highest BCUT2D eigenvalue weighted by atomic mass is 16.5. The van der Waals surface area contributed by atoms with Gasteiger partial charge in [-0.1, -0.05) is 0 Å². The molecule has 0 amide bonds. The average Bonchev–Trinajstić information content (AvgIpc) is 2.95. The van der Waals surface area contributed by atoms with Crippen LogP contribution in [0.25, 0.3) is 0 Å². The third-order valence-electron chi connectivity index (χ3n) is 8.07. The number of aliphatic hydroxyl groups excluding tert-OH is 1. The van der Waals surface area contributed by atoms with Crippen molar-refractivity contribution >= 4 is 5.97 Å². The molecule has 4 aliphatic heterocycles. The molecule has 4 unspecified atom stereocenters. The zero-order valence-corrected chi connectivity index (χ0v) is 26.2. The molecular formula is C30H62N4O5. The number of ether oxygens (including phenoxy) is 3. The van der Waals surface area contributed by atoms with Gasteiger partial charge in [0.25, 0.3) is 0 Å². The maximum atomic E-state index is 11.1. The molecule has 4 heterocycles. The lowest BCUT2D eigenvalue weighted by molar-refractivity contribution is -0.147. The van der Waals surface area contributed by atoms with Crippen molar-refractivity contribution in [2.24, 2.45) is 23.7 Å². The molecule has 0 aromatic rings. The van der Waals surface area contributed by atoms with Crippen molar-refractivity contribution in [1.82, 2.24) is 20.0 Å². The molecule has 4 atom stereocenters. The number of hydrogen-bond acceptors (Lipinski definition) is 9. The summed E-state index contributed by atoms with van der Waals surface area (Å²) in [6.07, 6.45) is 9.88. The summed E-state index contributed by atoms with van der Waals surface area (Å²) in [5.41, 5.74) is 0. The number of nitrogens with one attached hydrogen (secondary N) is 1. The molecule has 9 heteroatoms. The molecule has 9 nitrogen and oxygen atoms in total. The van der Waals surface area contributed by atoms with Gasteiger partial charge in [-0.3, -0.25) is 4.79 Å². The van der Waals surface area contributed by atoms with Crippen LogP contribution in [0, 0.1) is 23.7 Å². The van der Waals surface area contributed by atoms with Crippen LogP contribution in [0.4, 0.5) is 0 Å². The Morgan fingerprint density at radius 1 is 0.744 bits per heavy atom. The first-order valence-corrected chi connectivity index (χ1v) is 15.3. The predicted octanol–water partition coefficient (Wildman–Crippen LogP) is 2.43. The third-order valence-corrected chi connectivity index (χ3v) is 8.07. The summed E-state index contributed by atoms with van der Waals surface area (Å²) in [7, 11) is 11.3. The van der Waals surface area contributed by atoms with Crippen LogP contribution in [0.5, 0.6) is 0 Å². The van der Waals surface area contributed by atoms with Gasteiger partial charge in [0.1, 0.15) is 0 Å². The molecule has 4 saturated heterocycles. The molecule has 4 aliphatic rings. The summed E-state index contributed by atoms with van der Waals surface area (Å²) in [4.78, 5) is 17.9. The molecule has 0 spiro atoms. The van der Waals surface area contributed by atoms with E-state index >= 15 is 0 Å². The molecule has 39 heavy (non-hydrogen) atoms. The van der Waals surface area contributed by atoms with Gasteiger partial charge in [0, 0.05) is 47.0 Å². The highest BCUT2D eigenvalue weighted by molar-refractivity contribution is 5.72. The lowest BCUT2D eigenvalue weighted by Crippen LogP contribution is -2.36. The number of rotatable bonds is 6. The Labute approximate surface area is 239 Å². The number of aliphatic hydroxyl groups is 1. The summed E-state index contributed by atoms with van der Waals surface area (Å²) in [5, 5.41) is 12.1. The molecular weight excluding hydrogens is 496 g/mol. The van der Waals surface area contributed by atoms with Crippen molar-refractivity contribution in [2.45, 2.75) is 51.4 Å². The van der Waals surface area contributed by atoms with Crippen LogP contribution < -0.4 is 5.32 Å². The monoisotopic (exact) mass is 558 g/mol. The molecule has 0 radical (unpaired) electrons. The van der Waals surface area contributed by atoms with Crippen molar-refractivity contribution < 1.29 is 24.1 Å². The molecule has 0 aliphatic carbocycles. The van der Waals surface area contributed by atoms with E-state index in [4.69, 9.17) is 14.6 Å². The second kappa shape index (κ2) is 22.8. The first-order valence-electron chi connectivity index (χ1n) is 15.3. The fraction of sp³-hybridized carbons (Fsp3) is 0.967. The molecule has 0 saturated carbocycles. The van der Waals surface area contributed by atoms with Gasteiger partial charge in [0.2, 0.25) is 0 Å². The Morgan fingerprint density at radius 3 is 1.72 bits per heavy atom. The van der Waals surface area contributed by atoms with Crippen LogP contribution in [0.3, 0.4) is 0 Å². The minimum atomic E-state index is -0.0587. The van der Waals surface area contributed by atoms with E-state index in [-0.39, 0.29) is 11.9 Å². The summed E-state index contributed by atoms with van der Waals surface area (Å²) in [6, 6.07) is 0. The fourth-order valence-corrected chi connectivity index (χ4v) is 5.89. The summed E-state index contributed by atoms with van der Waals surface area (Å²) in [6.45, 7) is 11.3. The molecule has 2 N–H and O–H groups in total. The van der Waals surface area contributed by atoms with E-state index in [1.807, 2.05) is 7.05 Å². The minimum absolute atomic E-state index is 0.0587. The van der Waals surface area contributed by atoms with Crippen molar-refractivity contribution in [2.75, 3.05) is 115 Å². The Bertz CT molecular complexity index is 589. The summed E-state index contributed by atoms with van der Waals surface area (Å²) in [5.74, 6) is 2.14. The normalized spacial score (nSPS) is 28.5. The SMILES string of the molecule is CN1CCCC(CO)C1.COC(=O)C1CCCN(C)C1.COCC1CCCN(C)C1.COCC1CCCNC1. The van der Waals surface area contributed by atoms with Crippen molar-refractivity contribution in [3.63, 3.8) is 0 Å². The molecule has 4 rings (SSSR count). The Morgan fingerprint density at radius 2 is 1.26 bits per heavy atom. The number of methoxy groups -OCH3 is 3. The number of hydrogen-bond donors (Lipinski definition) is 2. The molecule has 4 fully saturated rings. The summed E-state index contributed by atoms with van der Waals surface area (Å²) >= 11 is 0. The van der Waals surface area contributed by atoms with Crippen LogP contribution in [-0.2, 0) is 19.0 Å². The maximum absolute atomic E-state index is 11.1. The Hall–Kier alpha value is -0.810. The van der Waals surface area contributed by atoms with E-state index in [0.29, 0.717) is 12.5 Å². The highest BCUT2D eigenvalue weighted by Gasteiger charge is 2.24. The number of nitrogens with zero attached hydrogens (tertiary/aromatic N) is 3. The fourth-order valence-electron chi connectivity index (χ4n) is 5.89. The number of piperidine rings is 4. The molecule has 0 bridgehead atoms. The van der Waals surface area contributed by atoms with Gasteiger partial charge in [-0.15, -0.1) is 0 Å². The number of likely N-dealkylation sites (tertiary alicyclic amines) is 3. The van der Waals surface area contributed by atoms with Gasteiger partial charge in [0.15, 0.2) is 0 Å². The van der Waals surface area contributed by atoms with Crippen LogP contribution in [0.2, 0.25) is 0 Å². The molecule has 0 aromatic heterocycles. The van der Waals surface area contributed by atoms with E-state index in [9.17, 15) is 4.79 Å². The van der Waals surface area contributed by atoms with Gasteiger partial charge in [0.05, 0.1) is 26.2 Å². The Kier molecular flexibility index (Phi) is 21.2. The van der Waals surface area contributed by atoms with Crippen molar-refractivity contribution in [3.05, 3.63) is 0 Å². The van der Waals surface area contributed by atoms with Gasteiger partial charge in [-0.05, 0) is 116 Å². The van der Waals surface area contributed by atoms with Crippen LogP contribution >= 0.6 is 0 Å². The topological polar surface area (TPSA) is 86.7 Å². The minimum Gasteiger partial charge on any atom is -0.469 e. The first kappa shape index (κ1) is 36.2. The number of carbonyl (C=O) groups excluding carboxylic acids is 1. The van der Waals surface area contributed by atoms with E-state index < -0.39 is 0 Å². The zero-order valence-electron chi connectivity index (χ0n) is 26.2. The molecule has 0 aromatic carbocycles. The van der Waals surface area contributed by atoms with Crippen LogP contribution in [-0.4, -0.2) is 140 Å². The standard InChI is InChI=1S/C8H15NO2.C8H17NO.2C7H15NO/c1-9-5-3-4-7(6-9)8(10)11-2;1-9-5-3-4-8(6-9)7-10-2;1-9-6-7-3-2-4-8-5-7;1-8-4-2-3-7(5-8)6-9/h7H,3-6H2,1-2H3;8H,3-7H2,1-2H3;7-8H,2-6H2,1H3;7,9H,2-6H2,1H3. The van der Waals surface area contributed by atoms with Gasteiger partial charge >= 0.3 is 5.97 Å².